The van der Waals surface area contributed by atoms with Crippen molar-refractivity contribution in [1.82, 2.24) is 10.2 Å². The monoisotopic (exact) mass is 201 g/mol. The van der Waals surface area contributed by atoms with E-state index < -0.39 is 12.1 Å². The summed E-state index contributed by atoms with van der Waals surface area (Å²) in [4.78, 5) is 0. The molecule has 0 bridgehead atoms. The summed E-state index contributed by atoms with van der Waals surface area (Å²) >= 11 is 0. The largest absolute Gasteiger partial charge is 0.321 e. The van der Waals surface area contributed by atoms with E-state index in [1.807, 2.05) is 0 Å². The van der Waals surface area contributed by atoms with Crippen molar-refractivity contribution in [1.29, 1.82) is 0 Å². The lowest BCUT2D eigenvalue weighted by molar-refractivity contribution is 0.946. The van der Waals surface area contributed by atoms with E-state index in [0.29, 0.717) is 0 Å². The van der Waals surface area contributed by atoms with Crippen LogP contribution in [-0.4, -0.2) is 10.2 Å². The van der Waals surface area contributed by atoms with Crippen molar-refractivity contribution < 1.29 is 6.85 Å². The molecule has 1 aromatic heterocycles. The number of nitrogens with two attached hydrogens (primary N) is 1. The Hall–Kier alpha value is -1.55. The van der Waals surface area contributed by atoms with Crippen molar-refractivity contribution in [3.8, 4) is 0 Å². The fourth-order valence-electron chi connectivity index (χ4n) is 0.860. The maximum Gasteiger partial charge on any atom is 0.173 e. The zero-order valence-electron chi connectivity index (χ0n) is 11.4. The molecule has 0 saturated carbocycles. The third kappa shape index (κ3) is 1.62. The third-order valence-electron chi connectivity index (χ3n) is 1.38. The summed E-state index contributed by atoms with van der Waals surface area (Å²) in [6, 6.07) is -1.42. The van der Waals surface area contributed by atoms with Crippen molar-refractivity contribution in [2.24, 2.45) is 10.9 Å². The second kappa shape index (κ2) is 3.91. The predicted molar refractivity (Wildman–Crippen MR) is 53.1 cm³/mol. The summed E-state index contributed by atoms with van der Waals surface area (Å²) in [5.41, 5.74) is 0.0167. The van der Waals surface area contributed by atoms with Gasteiger partial charge in [-0.05, 0) is 0 Å². The molecule has 0 aliphatic carbocycles. The van der Waals surface area contributed by atoms with Crippen LogP contribution < -0.4 is 11.3 Å². The highest BCUT2D eigenvalue weighted by molar-refractivity contribution is 5.85. The Morgan fingerprint density at radius 3 is 3.00 bits per heavy atom. The van der Waals surface area contributed by atoms with Gasteiger partial charge in [-0.1, -0.05) is 24.2 Å². The molecule has 0 aliphatic rings. The molecule has 2 aromatic rings. The Morgan fingerprint density at radius 1 is 1.46 bits per heavy atom. The summed E-state index contributed by atoms with van der Waals surface area (Å²) in [7, 11) is 0. The minimum Gasteiger partial charge on any atom is -0.321 e. The van der Waals surface area contributed by atoms with Crippen LogP contribution in [0.5, 0.6) is 0 Å². The molecule has 1 aromatic carbocycles. The van der Waals surface area contributed by atoms with Gasteiger partial charge in [0.05, 0.1) is 13.0 Å². The van der Waals surface area contributed by atoms with E-state index in [1.165, 1.54) is 0 Å². The number of hydrogen-bond donors (Lipinski definition) is 2. The van der Waals surface area contributed by atoms with E-state index in [0.717, 1.165) is 0 Å². The number of hydrogen-bond acceptors (Lipinski definition) is 3. The molecule has 0 aliphatic heterocycles. The van der Waals surface area contributed by atoms with Crippen LogP contribution in [0.2, 0.25) is 0 Å². The standard InChI is InChI=1S/C8H8N4.ClH/c9-11-8-7-4-2-1-3-6(7)5-10-12-8;/h1-5H,9H2,(H,11,12);1H/i1D,2D,3D,4D,5D;. The number of H-pyrrole nitrogens is 1. The second-order valence-corrected chi connectivity index (χ2v) is 2.06. The summed E-state index contributed by atoms with van der Waals surface area (Å²) in [5.74, 6) is 5.11. The van der Waals surface area contributed by atoms with Crippen LogP contribution in [0.15, 0.2) is 35.4 Å². The summed E-state index contributed by atoms with van der Waals surface area (Å²) in [5, 5.41) is 9.37. The summed E-state index contributed by atoms with van der Waals surface area (Å²) < 4.78 is 38.0. The zero-order chi connectivity index (χ0) is 12.7. The van der Waals surface area contributed by atoms with Crippen LogP contribution in [0.3, 0.4) is 0 Å². The number of aromatic amines is 1. The molecule has 0 spiro atoms. The van der Waals surface area contributed by atoms with Gasteiger partial charge in [0.25, 0.3) is 0 Å². The van der Waals surface area contributed by atoms with Gasteiger partial charge in [-0.25, -0.2) is 0 Å². The molecule has 0 radical (unpaired) electrons. The van der Waals surface area contributed by atoms with Gasteiger partial charge in [-0.2, -0.15) is 10.2 Å². The van der Waals surface area contributed by atoms with Gasteiger partial charge in [0, 0.05) is 10.8 Å². The molecule has 1 heterocycles. The van der Waals surface area contributed by atoms with E-state index in [-0.39, 0.29) is 46.9 Å². The molecule has 3 N–H and O–H groups in total. The first-order chi connectivity index (χ1) is 7.99. The molecule has 5 heteroatoms. The Bertz CT molecular complexity index is 683. The van der Waals surface area contributed by atoms with E-state index in [1.54, 1.807) is 0 Å². The van der Waals surface area contributed by atoms with Crippen molar-refractivity contribution in [3.63, 3.8) is 0 Å². The highest BCUT2D eigenvalue weighted by Gasteiger charge is 1.92. The molecule has 0 atom stereocenters. The topological polar surface area (TPSA) is 67.1 Å². The van der Waals surface area contributed by atoms with Crippen LogP contribution in [0.4, 0.5) is 0 Å². The molecule has 13 heavy (non-hydrogen) atoms. The number of halogens is 1. The molecular weight excluding hydrogens is 188 g/mol. The van der Waals surface area contributed by atoms with Crippen molar-refractivity contribution >= 4 is 23.2 Å². The Kier molecular flexibility index (Phi) is 1.39. The maximum absolute atomic E-state index is 7.73. The first-order valence-electron chi connectivity index (χ1n) is 5.68. The molecular formula is C8H9ClN4. The van der Waals surface area contributed by atoms with Gasteiger partial charge in [0.1, 0.15) is 0 Å². The lowest BCUT2D eigenvalue weighted by Crippen LogP contribution is -2.12. The molecule has 0 unspecified atom stereocenters. The van der Waals surface area contributed by atoms with Gasteiger partial charge in [0.2, 0.25) is 0 Å². The lowest BCUT2D eigenvalue weighted by atomic mass is 10.2. The van der Waals surface area contributed by atoms with Crippen molar-refractivity contribution in [3.05, 3.63) is 35.8 Å². The molecule has 0 amide bonds. The Labute approximate surface area is 87.9 Å². The number of nitrogens with zero attached hydrogens (tertiary/aromatic N) is 2. The number of aromatic nitrogens is 2. The number of fused-ring (bicyclic) bond motifs is 1. The molecule has 0 saturated heterocycles. The van der Waals surface area contributed by atoms with Gasteiger partial charge < -0.3 is 5.84 Å². The minimum atomic E-state index is -0.410. The van der Waals surface area contributed by atoms with Crippen LogP contribution >= 0.6 is 12.4 Å². The van der Waals surface area contributed by atoms with Crippen molar-refractivity contribution in [2.45, 2.75) is 0 Å². The molecule has 0 fully saturated rings. The van der Waals surface area contributed by atoms with Gasteiger partial charge >= 0.3 is 0 Å². The first kappa shape index (κ1) is 4.62. The van der Waals surface area contributed by atoms with Crippen molar-refractivity contribution in [2.75, 3.05) is 0 Å². The lowest BCUT2D eigenvalue weighted by Gasteiger charge is -1.94. The second-order valence-electron chi connectivity index (χ2n) is 2.06. The van der Waals surface area contributed by atoms with E-state index in [9.17, 15) is 0 Å². The maximum atomic E-state index is 7.73. The number of nitrogens with one attached hydrogen (secondary N) is 1. The zero-order valence-corrected chi connectivity index (χ0v) is 7.20. The quantitative estimate of drug-likeness (QED) is 0.488. The highest BCUT2D eigenvalue weighted by atomic mass is 35.5. The van der Waals surface area contributed by atoms with E-state index in [4.69, 9.17) is 12.7 Å². The normalized spacial score (nSPS) is 16.6. The fraction of sp³-hybridized carbons (Fsp3) is 0. The highest BCUT2D eigenvalue weighted by Crippen LogP contribution is 2.04. The predicted octanol–water partition coefficient (Wildman–Crippen LogP) is 0.759. The molecule has 4 nitrogen and oxygen atoms in total. The number of rotatable bonds is 0. The van der Waals surface area contributed by atoms with E-state index >= 15 is 0 Å². The van der Waals surface area contributed by atoms with Crippen LogP contribution in [0.25, 0.3) is 10.8 Å². The van der Waals surface area contributed by atoms with Gasteiger partial charge in [-0.3, -0.25) is 5.10 Å². The molecule has 2 rings (SSSR count). The Morgan fingerprint density at radius 2 is 2.23 bits per heavy atom. The van der Waals surface area contributed by atoms with Gasteiger partial charge in [0.15, 0.2) is 5.49 Å². The van der Waals surface area contributed by atoms with Crippen LogP contribution in [0.1, 0.15) is 6.85 Å². The first-order valence-corrected chi connectivity index (χ1v) is 3.18. The smallest absolute Gasteiger partial charge is 0.173 e. The number of benzene rings is 1. The summed E-state index contributed by atoms with van der Waals surface area (Å²) in [6.07, 6.45) is -0.278. The summed E-state index contributed by atoms with van der Waals surface area (Å²) in [6.45, 7) is 0. The average molecular weight is 202 g/mol. The van der Waals surface area contributed by atoms with Crippen LogP contribution in [0, 0.1) is 0 Å². The van der Waals surface area contributed by atoms with Crippen LogP contribution in [-0.2, 0) is 0 Å². The van der Waals surface area contributed by atoms with Gasteiger partial charge in [-0.15, -0.1) is 12.4 Å². The fourth-order valence-corrected chi connectivity index (χ4v) is 0.860. The average Bonchev–Trinajstić information content (AvgIpc) is 2.33. The molecule has 68 valence electrons. The Balaban J connectivity index is 0.00000162. The SMILES string of the molecule is Cl.[2H]c1c([2H])c([2H])c2/c(=N\N)[nH]nc([2H])c2c1[2H]. The van der Waals surface area contributed by atoms with E-state index in [2.05, 4.69) is 15.3 Å². The minimum absolute atomic E-state index is 0. The third-order valence-corrected chi connectivity index (χ3v) is 1.38.